The molecule has 0 saturated carbocycles. The maximum absolute atomic E-state index is 10.5. The number of carbonyl (C=O) groups excluding carboxylic acids is 1. The molecule has 2 heteroatoms. The van der Waals surface area contributed by atoms with Gasteiger partial charge in [0.15, 0.2) is 5.78 Å². The van der Waals surface area contributed by atoms with Crippen LogP contribution < -0.4 is 0 Å². The van der Waals surface area contributed by atoms with Crippen molar-refractivity contribution in [2.45, 2.75) is 26.4 Å². The van der Waals surface area contributed by atoms with Gasteiger partial charge in [0.2, 0.25) is 0 Å². The van der Waals surface area contributed by atoms with Crippen LogP contribution in [-0.4, -0.2) is 17.0 Å². The van der Waals surface area contributed by atoms with Gasteiger partial charge in [0.25, 0.3) is 0 Å². The van der Waals surface area contributed by atoms with Gasteiger partial charge >= 0.3 is 0 Å². The molecule has 0 bridgehead atoms. The Kier molecular flexibility index (Phi) is 3.17. The minimum absolute atomic E-state index is 0.135. The van der Waals surface area contributed by atoms with Gasteiger partial charge in [-0.25, -0.2) is 0 Å². The average Bonchev–Trinajstić information content (AvgIpc) is 1.84. The summed E-state index contributed by atoms with van der Waals surface area (Å²) in [6, 6.07) is 0. The predicted octanol–water partition coefficient (Wildman–Crippen LogP) is 0.902. The van der Waals surface area contributed by atoms with Crippen LogP contribution >= 0.6 is 0 Å². The number of aliphatic hydroxyl groups excluding tert-OH is 1. The minimum Gasteiger partial charge on any atom is -0.388 e. The van der Waals surface area contributed by atoms with Crippen molar-refractivity contribution in [3.8, 4) is 0 Å². The van der Waals surface area contributed by atoms with E-state index in [-0.39, 0.29) is 5.78 Å². The van der Waals surface area contributed by atoms with Gasteiger partial charge in [-0.05, 0) is 13.3 Å². The SMILES string of the molecule is C=C(C(C)=O)[C@H](O)CC. The summed E-state index contributed by atoms with van der Waals surface area (Å²) in [4.78, 5) is 10.5. The van der Waals surface area contributed by atoms with Crippen molar-refractivity contribution in [2.24, 2.45) is 0 Å². The molecule has 0 heterocycles. The molecular weight excluding hydrogens is 116 g/mol. The molecule has 0 saturated heterocycles. The van der Waals surface area contributed by atoms with Crippen molar-refractivity contribution in [1.29, 1.82) is 0 Å². The fourth-order valence-electron chi connectivity index (χ4n) is 0.481. The van der Waals surface area contributed by atoms with Gasteiger partial charge in [-0.3, -0.25) is 4.79 Å². The van der Waals surface area contributed by atoms with Crippen molar-refractivity contribution in [1.82, 2.24) is 0 Å². The molecule has 0 aromatic heterocycles. The maximum atomic E-state index is 10.5. The molecule has 52 valence electrons. The zero-order valence-corrected chi connectivity index (χ0v) is 5.85. The van der Waals surface area contributed by atoms with E-state index < -0.39 is 6.10 Å². The number of ketones is 1. The first-order valence-electron chi connectivity index (χ1n) is 2.97. The van der Waals surface area contributed by atoms with E-state index in [2.05, 4.69) is 6.58 Å². The summed E-state index contributed by atoms with van der Waals surface area (Å²) >= 11 is 0. The van der Waals surface area contributed by atoms with Gasteiger partial charge in [-0.2, -0.15) is 0 Å². The lowest BCUT2D eigenvalue weighted by atomic mass is 10.1. The molecule has 0 aliphatic heterocycles. The molecule has 9 heavy (non-hydrogen) atoms. The van der Waals surface area contributed by atoms with E-state index in [9.17, 15) is 4.79 Å². The van der Waals surface area contributed by atoms with Crippen LogP contribution in [0.3, 0.4) is 0 Å². The lowest BCUT2D eigenvalue weighted by molar-refractivity contribution is -0.114. The Balaban J connectivity index is 3.88. The Morgan fingerprint density at radius 3 is 2.33 bits per heavy atom. The highest BCUT2D eigenvalue weighted by Gasteiger charge is 2.08. The molecule has 0 aromatic rings. The lowest BCUT2D eigenvalue weighted by Gasteiger charge is -2.06. The van der Waals surface area contributed by atoms with Crippen LogP contribution in [0.25, 0.3) is 0 Å². The van der Waals surface area contributed by atoms with Crippen LogP contribution in [0.1, 0.15) is 20.3 Å². The molecule has 0 spiro atoms. The molecule has 0 radical (unpaired) electrons. The number of hydrogen-bond acceptors (Lipinski definition) is 2. The number of rotatable bonds is 3. The quantitative estimate of drug-likeness (QED) is 0.573. The number of carbonyl (C=O) groups is 1. The van der Waals surface area contributed by atoms with Crippen LogP contribution in [0.5, 0.6) is 0 Å². The van der Waals surface area contributed by atoms with Gasteiger partial charge in [0.1, 0.15) is 0 Å². The van der Waals surface area contributed by atoms with E-state index in [1.807, 2.05) is 0 Å². The highest BCUT2D eigenvalue weighted by Crippen LogP contribution is 2.03. The molecule has 1 N–H and O–H groups in total. The normalized spacial score (nSPS) is 12.8. The van der Waals surface area contributed by atoms with Crippen LogP contribution in [0.4, 0.5) is 0 Å². The van der Waals surface area contributed by atoms with Crippen LogP contribution in [0, 0.1) is 0 Å². The fourth-order valence-corrected chi connectivity index (χ4v) is 0.481. The van der Waals surface area contributed by atoms with E-state index in [0.717, 1.165) is 0 Å². The van der Waals surface area contributed by atoms with Crippen molar-refractivity contribution in [2.75, 3.05) is 0 Å². The highest BCUT2D eigenvalue weighted by molar-refractivity contribution is 5.93. The van der Waals surface area contributed by atoms with Gasteiger partial charge in [-0.1, -0.05) is 13.5 Å². The second kappa shape index (κ2) is 3.41. The summed E-state index contributed by atoms with van der Waals surface area (Å²) in [7, 11) is 0. The first-order chi connectivity index (χ1) is 4.09. The van der Waals surface area contributed by atoms with Crippen molar-refractivity contribution >= 4 is 5.78 Å². The molecule has 0 amide bonds. The molecular formula is C7H12O2. The zero-order valence-electron chi connectivity index (χ0n) is 5.85. The largest absolute Gasteiger partial charge is 0.388 e. The second-order valence-electron chi connectivity index (χ2n) is 2.01. The Hall–Kier alpha value is -0.630. The molecule has 1 atom stereocenters. The van der Waals surface area contributed by atoms with Gasteiger partial charge in [0.05, 0.1) is 6.10 Å². The maximum Gasteiger partial charge on any atom is 0.157 e. The Bertz CT molecular complexity index is 127. The third-order valence-electron chi connectivity index (χ3n) is 1.24. The number of hydrogen-bond donors (Lipinski definition) is 1. The van der Waals surface area contributed by atoms with E-state index in [0.29, 0.717) is 12.0 Å². The third kappa shape index (κ3) is 2.42. The van der Waals surface area contributed by atoms with Crippen LogP contribution in [-0.2, 0) is 4.79 Å². The summed E-state index contributed by atoms with van der Waals surface area (Å²) in [5.74, 6) is -0.135. The Morgan fingerprint density at radius 2 is 2.22 bits per heavy atom. The molecule has 0 rings (SSSR count). The molecule has 0 fully saturated rings. The summed E-state index contributed by atoms with van der Waals surface area (Å²) in [5.41, 5.74) is 0.303. The fraction of sp³-hybridized carbons (Fsp3) is 0.571. The first kappa shape index (κ1) is 8.37. The number of Topliss-reactive ketones (excluding diaryl/α,β-unsaturated/α-hetero) is 1. The van der Waals surface area contributed by atoms with Gasteiger partial charge in [0, 0.05) is 5.57 Å². The topological polar surface area (TPSA) is 37.3 Å². The lowest BCUT2D eigenvalue weighted by Crippen LogP contribution is -2.13. The molecule has 0 aromatic carbocycles. The summed E-state index contributed by atoms with van der Waals surface area (Å²) in [5, 5.41) is 8.98. The smallest absolute Gasteiger partial charge is 0.157 e. The van der Waals surface area contributed by atoms with E-state index in [1.165, 1.54) is 6.92 Å². The van der Waals surface area contributed by atoms with Gasteiger partial charge < -0.3 is 5.11 Å². The summed E-state index contributed by atoms with van der Waals surface area (Å²) < 4.78 is 0. The van der Waals surface area contributed by atoms with E-state index >= 15 is 0 Å². The predicted molar refractivity (Wildman–Crippen MR) is 36.1 cm³/mol. The summed E-state index contributed by atoms with van der Waals surface area (Å²) in [6.07, 6.45) is -0.0965. The summed E-state index contributed by atoms with van der Waals surface area (Å²) in [6.45, 7) is 6.63. The average molecular weight is 128 g/mol. The van der Waals surface area contributed by atoms with Crippen LogP contribution in [0.15, 0.2) is 12.2 Å². The minimum atomic E-state index is -0.650. The first-order valence-corrected chi connectivity index (χ1v) is 2.97. The van der Waals surface area contributed by atoms with Gasteiger partial charge in [-0.15, -0.1) is 0 Å². The van der Waals surface area contributed by atoms with E-state index in [1.54, 1.807) is 6.92 Å². The van der Waals surface area contributed by atoms with Crippen molar-refractivity contribution in [3.63, 3.8) is 0 Å². The van der Waals surface area contributed by atoms with Crippen molar-refractivity contribution in [3.05, 3.63) is 12.2 Å². The Morgan fingerprint density at radius 1 is 1.78 bits per heavy atom. The number of aliphatic hydroxyl groups is 1. The monoisotopic (exact) mass is 128 g/mol. The standard InChI is InChI=1S/C7H12O2/c1-4-7(9)5(2)6(3)8/h7,9H,2,4H2,1,3H3/t7-/m1/s1. The van der Waals surface area contributed by atoms with E-state index in [4.69, 9.17) is 5.11 Å². The second-order valence-corrected chi connectivity index (χ2v) is 2.01. The molecule has 0 aliphatic rings. The molecule has 2 nitrogen and oxygen atoms in total. The van der Waals surface area contributed by atoms with Crippen molar-refractivity contribution < 1.29 is 9.90 Å². The highest BCUT2D eigenvalue weighted by atomic mass is 16.3. The Labute approximate surface area is 55.2 Å². The third-order valence-corrected chi connectivity index (χ3v) is 1.24. The molecule has 0 unspecified atom stereocenters. The van der Waals surface area contributed by atoms with Crippen LogP contribution in [0.2, 0.25) is 0 Å². The molecule has 0 aliphatic carbocycles. The zero-order chi connectivity index (χ0) is 7.44.